The van der Waals surface area contributed by atoms with E-state index in [1.807, 2.05) is 12.1 Å². The van der Waals surface area contributed by atoms with Crippen LogP contribution in [-0.4, -0.2) is 21.6 Å². The van der Waals surface area contributed by atoms with Crippen molar-refractivity contribution in [1.82, 2.24) is 9.97 Å². The van der Waals surface area contributed by atoms with Gasteiger partial charge in [0.05, 0.1) is 11.3 Å². The molecule has 0 spiro atoms. The molecule has 0 fully saturated rings. The Morgan fingerprint density at radius 3 is 2.61 bits per heavy atom. The zero-order valence-corrected chi connectivity index (χ0v) is 17.2. The Hall–Kier alpha value is -3.57. The number of nitrogens with one attached hydrogen (secondary N) is 2. The zero-order chi connectivity index (χ0) is 21.8. The second-order valence-electron chi connectivity index (χ2n) is 6.92. The Morgan fingerprint density at radius 2 is 1.90 bits per heavy atom. The fraction of sp³-hybridized carbons (Fsp3) is 0.174. The van der Waals surface area contributed by atoms with E-state index in [9.17, 15) is 14.0 Å². The van der Waals surface area contributed by atoms with Crippen LogP contribution in [0, 0.1) is 18.2 Å². The number of halogens is 1. The molecule has 1 aromatic heterocycles. The summed E-state index contributed by atoms with van der Waals surface area (Å²) >= 11 is 1.22. The van der Waals surface area contributed by atoms with Crippen LogP contribution >= 0.6 is 11.8 Å². The Labute approximate surface area is 182 Å². The number of H-pyrrole nitrogens is 1. The molecule has 2 heterocycles. The lowest BCUT2D eigenvalue weighted by Crippen LogP contribution is -2.31. The van der Waals surface area contributed by atoms with Crippen molar-refractivity contribution in [2.75, 3.05) is 11.1 Å². The molecular formula is C23H18FN3O3S. The first-order valence-corrected chi connectivity index (χ1v) is 10.5. The minimum atomic E-state index is -0.419. The largest absolute Gasteiger partial charge is 0.489 e. The highest BCUT2D eigenvalue weighted by Gasteiger charge is 2.31. The Balaban J connectivity index is 1.54. The smallest absolute Gasteiger partial charge is 0.257 e. The molecule has 31 heavy (non-hydrogen) atoms. The molecule has 0 bridgehead atoms. The molecule has 6 nitrogen and oxygen atoms in total. The number of aromatic amines is 1. The summed E-state index contributed by atoms with van der Waals surface area (Å²) in [5.74, 6) is 2.80. The van der Waals surface area contributed by atoms with Crippen molar-refractivity contribution in [3.8, 4) is 18.1 Å². The third-order valence-corrected chi connectivity index (χ3v) is 5.60. The zero-order valence-electron chi connectivity index (χ0n) is 16.4. The standard InChI is InChI=1S/C23H18FN3O3S/c1-2-11-31-23-26-21-20(22(29)27-23)18(12-19(28)25-21)15-5-9-17(10-6-15)30-13-14-3-7-16(24)8-4-14/h1,3-10,18H,11-13H2,(H2,25,26,27,28,29). The molecule has 0 saturated carbocycles. The van der Waals surface area contributed by atoms with Crippen molar-refractivity contribution in [2.45, 2.75) is 24.1 Å². The molecule has 2 N–H and O–H groups in total. The average Bonchev–Trinajstić information content (AvgIpc) is 2.77. The summed E-state index contributed by atoms with van der Waals surface area (Å²) in [6, 6.07) is 13.3. The molecule has 1 aliphatic heterocycles. The van der Waals surface area contributed by atoms with Crippen LogP contribution in [0.15, 0.2) is 58.5 Å². The van der Waals surface area contributed by atoms with Crippen LogP contribution in [0.1, 0.15) is 29.0 Å². The summed E-state index contributed by atoms with van der Waals surface area (Å²) in [4.78, 5) is 32.1. The predicted molar refractivity (Wildman–Crippen MR) is 117 cm³/mol. The molecular weight excluding hydrogens is 417 g/mol. The molecule has 1 unspecified atom stereocenters. The van der Waals surface area contributed by atoms with E-state index in [1.165, 1.54) is 23.9 Å². The maximum atomic E-state index is 13.0. The molecule has 156 valence electrons. The average molecular weight is 435 g/mol. The maximum absolute atomic E-state index is 13.0. The van der Waals surface area contributed by atoms with Gasteiger partial charge in [-0.2, -0.15) is 0 Å². The van der Waals surface area contributed by atoms with Gasteiger partial charge in [-0.15, -0.1) is 6.42 Å². The van der Waals surface area contributed by atoms with Gasteiger partial charge in [0.2, 0.25) is 5.91 Å². The molecule has 4 rings (SSSR count). The molecule has 0 aliphatic carbocycles. The van der Waals surface area contributed by atoms with Crippen LogP contribution in [0.4, 0.5) is 10.2 Å². The molecule has 1 amide bonds. The highest BCUT2D eigenvalue weighted by molar-refractivity contribution is 7.99. The van der Waals surface area contributed by atoms with Gasteiger partial charge in [-0.3, -0.25) is 9.59 Å². The van der Waals surface area contributed by atoms with Crippen LogP contribution in [0.25, 0.3) is 0 Å². The van der Waals surface area contributed by atoms with Gasteiger partial charge in [0.15, 0.2) is 5.16 Å². The van der Waals surface area contributed by atoms with E-state index in [2.05, 4.69) is 21.2 Å². The first-order chi connectivity index (χ1) is 15.0. The molecule has 3 aromatic rings. The van der Waals surface area contributed by atoms with Gasteiger partial charge in [0.1, 0.15) is 24.0 Å². The predicted octanol–water partition coefficient (Wildman–Crippen LogP) is 3.69. The first-order valence-electron chi connectivity index (χ1n) is 9.51. The van der Waals surface area contributed by atoms with Crippen LogP contribution in [0.3, 0.4) is 0 Å². The Morgan fingerprint density at radius 1 is 1.16 bits per heavy atom. The number of amides is 1. The van der Waals surface area contributed by atoms with Crippen molar-refractivity contribution in [3.63, 3.8) is 0 Å². The number of hydrogen-bond acceptors (Lipinski definition) is 5. The number of nitrogens with zero attached hydrogens (tertiary/aromatic N) is 1. The van der Waals surface area contributed by atoms with Crippen LogP contribution in [0.2, 0.25) is 0 Å². The van der Waals surface area contributed by atoms with Crippen molar-refractivity contribution in [1.29, 1.82) is 0 Å². The Bertz CT molecular complexity index is 1200. The lowest BCUT2D eigenvalue weighted by atomic mass is 9.87. The Kier molecular flexibility index (Phi) is 6.05. The van der Waals surface area contributed by atoms with Gasteiger partial charge in [-0.25, -0.2) is 9.37 Å². The molecule has 1 atom stereocenters. The van der Waals surface area contributed by atoms with E-state index in [0.29, 0.717) is 28.8 Å². The van der Waals surface area contributed by atoms with E-state index in [0.717, 1.165) is 11.1 Å². The summed E-state index contributed by atoms with van der Waals surface area (Å²) in [5.41, 5.74) is 1.77. The van der Waals surface area contributed by atoms with E-state index >= 15 is 0 Å². The number of hydrogen-bond donors (Lipinski definition) is 2. The van der Waals surface area contributed by atoms with Crippen molar-refractivity contribution in [2.24, 2.45) is 0 Å². The monoisotopic (exact) mass is 435 g/mol. The number of carbonyl (C=O) groups excluding carboxylic acids is 1. The summed E-state index contributed by atoms with van der Waals surface area (Å²) in [6.45, 7) is 0.302. The maximum Gasteiger partial charge on any atom is 0.257 e. The second-order valence-corrected chi connectivity index (χ2v) is 7.88. The minimum Gasteiger partial charge on any atom is -0.489 e. The SMILES string of the molecule is C#CCSc1nc2c(c(=O)[nH]1)C(c1ccc(OCc3ccc(F)cc3)cc1)CC(=O)N2. The molecule has 8 heteroatoms. The van der Waals surface area contributed by atoms with Crippen molar-refractivity contribution in [3.05, 3.63) is 81.4 Å². The number of rotatable bonds is 6. The lowest BCUT2D eigenvalue weighted by molar-refractivity contribution is -0.116. The number of carbonyl (C=O) groups is 1. The highest BCUT2D eigenvalue weighted by atomic mass is 32.2. The minimum absolute atomic E-state index is 0.143. The number of terminal acetylenes is 1. The van der Waals surface area contributed by atoms with Crippen LogP contribution in [0.5, 0.6) is 5.75 Å². The number of benzene rings is 2. The number of ether oxygens (including phenoxy) is 1. The number of aromatic nitrogens is 2. The van der Waals surface area contributed by atoms with Crippen molar-refractivity contribution >= 4 is 23.5 Å². The van der Waals surface area contributed by atoms with E-state index in [4.69, 9.17) is 11.2 Å². The number of thioether (sulfide) groups is 1. The molecule has 0 saturated heterocycles. The molecule has 2 aromatic carbocycles. The quantitative estimate of drug-likeness (QED) is 0.351. The van der Waals surface area contributed by atoms with Gasteiger partial charge in [0, 0.05) is 12.3 Å². The summed E-state index contributed by atoms with van der Waals surface area (Å²) in [6.07, 6.45) is 5.40. The van der Waals surface area contributed by atoms with Gasteiger partial charge >= 0.3 is 0 Å². The summed E-state index contributed by atoms with van der Waals surface area (Å²) in [5, 5.41) is 3.05. The highest BCUT2D eigenvalue weighted by Crippen LogP contribution is 2.35. The van der Waals surface area contributed by atoms with Gasteiger partial charge in [-0.1, -0.05) is 41.9 Å². The normalized spacial score (nSPS) is 15.0. The third-order valence-electron chi connectivity index (χ3n) is 4.82. The van der Waals surface area contributed by atoms with Gasteiger partial charge in [0.25, 0.3) is 5.56 Å². The number of fused-ring (bicyclic) bond motifs is 1. The topological polar surface area (TPSA) is 84.1 Å². The van der Waals surface area contributed by atoms with E-state index < -0.39 is 5.92 Å². The third kappa shape index (κ3) is 4.78. The van der Waals surface area contributed by atoms with E-state index in [1.54, 1.807) is 24.3 Å². The fourth-order valence-electron chi connectivity index (χ4n) is 3.36. The summed E-state index contributed by atoms with van der Waals surface area (Å²) < 4.78 is 18.7. The van der Waals surface area contributed by atoms with Crippen LogP contribution < -0.4 is 15.6 Å². The summed E-state index contributed by atoms with van der Waals surface area (Å²) in [7, 11) is 0. The lowest BCUT2D eigenvalue weighted by Gasteiger charge is -2.24. The second kappa shape index (κ2) is 9.06. The first kappa shape index (κ1) is 20.7. The molecule has 0 radical (unpaired) electrons. The van der Waals surface area contributed by atoms with Gasteiger partial charge in [-0.05, 0) is 35.4 Å². The van der Waals surface area contributed by atoms with Gasteiger partial charge < -0.3 is 15.0 Å². The molecule has 1 aliphatic rings. The van der Waals surface area contributed by atoms with E-state index in [-0.39, 0.29) is 29.5 Å². The van der Waals surface area contributed by atoms with Crippen LogP contribution in [-0.2, 0) is 11.4 Å². The fourth-order valence-corrected chi connectivity index (χ4v) is 3.90. The van der Waals surface area contributed by atoms with Crippen molar-refractivity contribution < 1.29 is 13.9 Å². The number of anilines is 1.